The van der Waals surface area contributed by atoms with Crippen molar-refractivity contribution in [2.45, 2.75) is 40.3 Å². The smallest absolute Gasteiger partial charge is 0.269 e. The summed E-state index contributed by atoms with van der Waals surface area (Å²) in [5, 5.41) is 8.21. The number of aromatic nitrogens is 3. The normalized spacial score (nSPS) is 11.4. The minimum absolute atomic E-state index is 0.407. The maximum Gasteiger partial charge on any atom is 0.269 e. The summed E-state index contributed by atoms with van der Waals surface area (Å²) in [6.45, 7) is 8.71. The molecule has 2 rings (SSSR count). The Morgan fingerprint density at radius 1 is 1.29 bits per heavy atom. The molecule has 2 heterocycles. The number of nitrogens with zero attached hydrogens (tertiary/aromatic N) is 3. The first-order chi connectivity index (χ1) is 8.06. The summed E-state index contributed by atoms with van der Waals surface area (Å²) >= 11 is 1.58. The Hall–Kier alpha value is -1.27. The van der Waals surface area contributed by atoms with Crippen molar-refractivity contribution in [2.24, 2.45) is 0 Å². The number of nitrogens with one attached hydrogen (secondary N) is 1. The van der Waals surface area contributed by atoms with Crippen molar-refractivity contribution in [1.29, 1.82) is 0 Å². The summed E-state index contributed by atoms with van der Waals surface area (Å²) in [5.41, 5.74) is 0.944. The van der Waals surface area contributed by atoms with Crippen molar-refractivity contribution in [3.8, 4) is 10.8 Å². The van der Waals surface area contributed by atoms with Crippen molar-refractivity contribution < 1.29 is 4.52 Å². The first kappa shape index (κ1) is 12.2. The molecule has 0 aliphatic rings. The second-order valence-electron chi connectivity index (χ2n) is 4.20. The highest BCUT2D eigenvalue weighted by molar-refractivity contribution is 7.15. The van der Waals surface area contributed by atoms with Gasteiger partial charge in [0, 0.05) is 6.04 Å². The van der Waals surface area contributed by atoms with E-state index in [0.29, 0.717) is 24.3 Å². The van der Waals surface area contributed by atoms with E-state index in [9.17, 15) is 0 Å². The summed E-state index contributed by atoms with van der Waals surface area (Å²) in [5.74, 6) is 1.24. The van der Waals surface area contributed by atoms with E-state index >= 15 is 0 Å². The van der Waals surface area contributed by atoms with Crippen LogP contribution in [0.2, 0.25) is 0 Å². The van der Waals surface area contributed by atoms with Crippen LogP contribution in [0.4, 0.5) is 0 Å². The first-order valence-corrected chi connectivity index (χ1v) is 6.38. The zero-order valence-corrected chi connectivity index (χ0v) is 11.3. The Labute approximate surface area is 104 Å². The van der Waals surface area contributed by atoms with Gasteiger partial charge in [-0.1, -0.05) is 19.0 Å². The van der Waals surface area contributed by atoms with Crippen LogP contribution in [0.5, 0.6) is 0 Å². The van der Waals surface area contributed by atoms with Crippen LogP contribution in [0.1, 0.15) is 30.4 Å². The van der Waals surface area contributed by atoms with Crippen molar-refractivity contribution >= 4 is 11.3 Å². The second-order valence-corrected chi connectivity index (χ2v) is 5.40. The third-order valence-electron chi connectivity index (χ3n) is 2.23. The fourth-order valence-corrected chi connectivity index (χ4v) is 2.28. The molecular weight excluding hydrogens is 236 g/mol. The lowest BCUT2D eigenvalue weighted by atomic mass is 10.4. The van der Waals surface area contributed by atoms with Gasteiger partial charge in [0.2, 0.25) is 0 Å². The van der Waals surface area contributed by atoms with Crippen molar-refractivity contribution in [3.63, 3.8) is 0 Å². The third-order valence-corrected chi connectivity index (χ3v) is 3.30. The molecule has 0 radical (unpaired) electrons. The Balaban J connectivity index is 2.15. The van der Waals surface area contributed by atoms with Crippen LogP contribution in [0, 0.1) is 13.8 Å². The Morgan fingerprint density at radius 3 is 2.65 bits per heavy atom. The van der Waals surface area contributed by atoms with Crippen molar-refractivity contribution in [2.75, 3.05) is 0 Å². The fourth-order valence-electron chi connectivity index (χ4n) is 1.44. The van der Waals surface area contributed by atoms with Crippen molar-refractivity contribution in [1.82, 2.24) is 20.4 Å². The van der Waals surface area contributed by atoms with Gasteiger partial charge in [-0.2, -0.15) is 4.98 Å². The molecule has 17 heavy (non-hydrogen) atoms. The molecule has 0 saturated carbocycles. The predicted molar refractivity (Wildman–Crippen MR) is 66.9 cm³/mol. The van der Waals surface area contributed by atoms with Gasteiger partial charge in [0.15, 0.2) is 5.82 Å². The maximum atomic E-state index is 5.25. The topological polar surface area (TPSA) is 63.8 Å². The van der Waals surface area contributed by atoms with E-state index in [-0.39, 0.29) is 0 Å². The molecule has 2 aromatic rings. The predicted octanol–water partition coefficient (Wildman–Crippen LogP) is 2.31. The molecule has 0 bridgehead atoms. The standard InChI is InChI=1S/C11H16N4OS/c1-6(2)12-5-9-14-11(16-15-9)10-7(3)13-8(4)17-10/h6,12H,5H2,1-4H3. The second kappa shape index (κ2) is 4.93. The van der Waals surface area contributed by atoms with Crippen LogP contribution in [-0.4, -0.2) is 21.2 Å². The average Bonchev–Trinajstić information content (AvgIpc) is 2.82. The van der Waals surface area contributed by atoms with Crippen LogP contribution >= 0.6 is 11.3 Å². The fraction of sp³-hybridized carbons (Fsp3) is 0.545. The van der Waals surface area contributed by atoms with E-state index in [1.165, 1.54) is 0 Å². The van der Waals surface area contributed by atoms with Crippen LogP contribution in [0.25, 0.3) is 10.8 Å². The minimum Gasteiger partial charge on any atom is -0.333 e. The molecular formula is C11H16N4OS. The molecule has 0 unspecified atom stereocenters. The van der Waals surface area contributed by atoms with E-state index in [4.69, 9.17) is 4.52 Å². The quantitative estimate of drug-likeness (QED) is 0.904. The Kier molecular flexibility index (Phi) is 3.54. The zero-order chi connectivity index (χ0) is 12.4. The Morgan fingerprint density at radius 2 is 2.06 bits per heavy atom. The number of thiazole rings is 1. The Bertz CT molecular complexity index is 503. The molecule has 0 amide bonds. The van der Waals surface area contributed by atoms with Gasteiger partial charge in [0.25, 0.3) is 5.89 Å². The van der Waals surface area contributed by atoms with Crippen LogP contribution in [0.15, 0.2) is 4.52 Å². The molecule has 0 spiro atoms. The van der Waals surface area contributed by atoms with Gasteiger partial charge in [0.1, 0.15) is 4.88 Å². The highest BCUT2D eigenvalue weighted by Crippen LogP contribution is 2.27. The molecule has 5 nitrogen and oxygen atoms in total. The molecule has 0 saturated heterocycles. The average molecular weight is 252 g/mol. The SMILES string of the molecule is Cc1nc(C)c(-c2nc(CNC(C)C)no2)s1. The number of aryl methyl sites for hydroxylation is 2. The largest absolute Gasteiger partial charge is 0.333 e. The van der Waals surface area contributed by atoms with E-state index in [1.807, 2.05) is 13.8 Å². The van der Waals surface area contributed by atoms with Crippen LogP contribution in [0.3, 0.4) is 0 Å². The molecule has 6 heteroatoms. The summed E-state index contributed by atoms with van der Waals surface area (Å²) in [4.78, 5) is 9.67. The highest BCUT2D eigenvalue weighted by Gasteiger charge is 2.14. The van der Waals surface area contributed by atoms with Gasteiger partial charge in [0.05, 0.1) is 17.2 Å². The minimum atomic E-state index is 0.407. The third kappa shape index (κ3) is 2.89. The summed E-state index contributed by atoms with van der Waals surface area (Å²) < 4.78 is 5.25. The van der Waals surface area contributed by atoms with Gasteiger partial charge in [-0.3, -0.25) is 0 Å². The lowest BCUT2D eigenvalue weighted by Crippen LogP contribution is -2.22. The first-order valence-electron chi connectivity index (χ1n) is 5.56. The summed E-state index contributed by atoms with van der Waals surface area (Å²) in [7, 11) is 0. The zero-order valence-electron chi connectivity index (χ0n) is 10.4. The van der Waals surface area contributed by atoms with Gasteiger partial charge < -0.3 is 9.84 Å². The number of hydrogen-bond donors (Lipinski definition) is 1. The van der Waals surface area contributed by atoms with Gasteiger partial charge in [-0.15, -0.1) is 11.3 Å². The van der Waals surface area contributed by atoms with E-state index in [0.717, 1.165) is 15.6 Å². The molecule has 0 aromatic carbocycles. The molecule has 0 aliphatic heterocycles. The van der Waals surface area contributed by atoms with Gasteiger partial charge in [-0.05, 0) is 13.8 Å². The van der Waals surface area contributed by atoms with Crippen LogP contribution < -0.4 is 5.32 Å². The molecule has 0 aliphatic carbocycles. The monoisotopic (exact) mass is 252 g/mol. The molecule has 92 valence electrons. The van der Waals surface area contributed by atoms with E-state index in [1.54, 1.807) is 11.3 Å². The number of hydrogen-bond acceptors (Lipinski definition) is 6. The summed E-state index contributed by atoms with van der Waals surface area (Å²) in [6.07, 6.45) is 0. The lowest BCUT2D eigenvalue weighted by Gasteiger charge is -2.02. The lowest BCUT2D eigenvalue weighted by molar-refractivity contribution is 0.417. The highest BCUT2D eigenvalue weighted by atomic mass is 32.1. The van der Waals surface area contributed by atoms with E-state index in [2.05, 4.69) is 34.3 Å². The van der Waals surface area contributed by atoms with Gasteiger partial charge in [-0.25, -0.2) is 4.98 Å². The van der Waals surface area contributed by atoms with Gasteiger partial charge >= 0.3 is 0 Å². The molecule has 0 fully saturated rings. The molecule has 1 N–H and O–H groups in total. The summed E-state index contributed by atoms with van der Waals surface area (Å²) in [6, 6.07) is 0.407. The van der Waals surface area contributed by atoms with Crippen molar-refractivity contribution in [3.05, 3.63) is 16.5 Å². The van der Waals surface area contributed by atoms with E-state index < -0.39 is 0 Å². The number of rotatable bonds is 4. The molecule has 0 atom stereocenters. The maximum absolute atomic E-state index is 5.25. The molecule has 2 aromatic heterocycles. The van der Waals surface area contributed by atoms with Crippen LogP contribution in [-0.2, 0) is 6.54 Å².